The third kappa shape index (κ3) is 2.43. The zero-order valence-electron chi connectivity index (χ0n) is 8.64. The number of carbonyl (C=O) groups is 3. The van der Waals surface area contributed by atoms with Gasteiger partial charge >= 0.3 is 5.97 Å². The van der Waals surface area contributed by atoms with Gasteiger partial charge in [-0.1, -0.05) is 13.8 Å². The number of aliphatic carboxylic acids is 1. The largest absolute Gasteiger partial charge is 0.481 e. The van der Waals surface area contributed by atoms with Gasteiger partial charge in [-0.25, -0.2) is 0 Å². The van der Waals surface area contributed by atoms with E-state index < -0.39 is 23.7 Å². The molecule has 1 aliphatic rings. The van der Waals surface area contributed by atoms with Crippen molar-refractivity contribution in [3.8, 4) is 0 Å². The van der Waals surface area contributed by atoms with E-state index in [2.05, 4.69) is 0 Å². The van der Waals surface area contributed by atoms with Crippen molar-refractivity contribution in [1.29, 1.82) is 0 Å². The minimum atomic E-state index is -0.988. The summed E-state index contributed by atoms with van der Waals surface area (Å²) >= 11 is 0. The van der Waals surface area contributed by atoms with Crippen LogP contribution in [0.25, 0.3) is 0 Å². The molecule has 0 aromatic carbocycles. The van der Waals surface area contributed by atoms with Gasteiger partial charge in [0.05, 0.1) is 5.92 Å². The summed E-state index contributed by atoms with van der Waals surface area (Å²) in [6.45, 7) is 3.44. The minimum absolute atomic E-state index is 0.0579. The van der Waals surface area contributed by atoms with Gasteiger partial charge in [0.15, 0.2) is 0 Å². The molecule has 5 heteroatoms. The van der Waals surface area contributed by atoms with Gasteiger partial charge < -0.3 is 5.11 Å². The number of carboxylic acids is 1. The van der Waals surface area contributed by atoms with Crippen LogP contribution in [0.15, 0.2) is 12.2 Å². The fourth-order valence-corrected chi connectivity index (χ4v) is 1.38. The third-order valence-corrected chi connectivity index (χ3v) is 2.40. The molecule has 1 N–H and O–H groups in total. The summed E-state index contributed by atoms with van der Waals surface area (Å²) in [5.41, 5.74) is 0. The number of nitrogens with zero attached hydrogens (tertiary/aromatic N) is 1. The Labute approximate surface area is 87.4 Å². The molecule has 0 fully saturated rings. The smallest absolute Gasteiger partial charge is 0.308 e. The molecule has 82 valence electrons. The first-order valence-electron chi connectivity index (χ1n) is 4.70. The van der Waals surface area contributed by atoms with E-state index in [1.807, 2.05) is 0 Å². The quantitative estimate of drug-likeness (QED) is 0.677. The highest BCUT2D eigenvalue weighted by molar-refractivity contribution is 6.13. The highest BCUT2D eigenvalue weighted by Crippen LogP contribution is 2.15. The summed E-state index contributed by atoms with van der Waals surface area (Å²) in [6.07, 6.45) is 2.31. The van der Waals surface area contributed by atoms with Crippen LogP contribution in [0.2, 0.25) is 0 Å². The van der Waals surface area contributed by atoms with Crippen molar-refractivity contribution in [2.45, 2.75) is 13.8 Å². The van der Waals surface area contributed by atoms with Gasteiger partial charge in [0.25, 0.3) is 11.8 Å². The molecule has 0 saturated carbocycles. The van der Waals surface area contributed by atoms with E-state index in [0.29, 0.717) is 0 Å². The van der Waals surface area contributed by atoms with Crippen molar-refractivity contribution in [1.82, 2.24) is 4.90 Å². The Morgan fingerprint density at radius 1 is 1.33 bits per heavy atom. The first kappa shape index (κ1) is 11.4. The van der Waals surface area contributed by atoms with Crippen LogP contribution in [0.5, 0.6) is 0 Å². The zero-order chi connectivity index (χ0) is 11.6. The number of amides is 2. The number of imide groups is 1. The summed E-state index contributed by atoms with van der Waals surface area (Å²) in [5.74, 6) is -2.70. The molecule has 0 aromatic rings. The van der Waals surface area contributed by atoms with Crippen molar-refractivity contribution in [3.05, 3.63) is 12.2 Å². The van der Waals surface area contributed by atoms with Gasteiger partial charge in [-0.15, -0.1) is 0 Å². The second-order valence-corrected chi connectivity index (χ2v) is 3.81. The molecule has 0 radical (unpaired) electrons. The normalized spacial score (nSPS) is 17.7. The summed E-state index contributed by atoms with van der Waals surface area (Å²) in [7, 11) is 0. The number of rotatable bonds is 4. The third-order valence-electron chi connectivity index (χ3n) is 2.40. The van der Waals surface area contributed by atoms with E-state index in [0.717, 1.165) is 17.1 Å². The van der Waals surface area contributed by atoms with Crippen molar-refractivity contribution in [2.75, 3.05) is 6.54 Å². The van der Waals surface area contributed by atoms with Gasteiger partial charge in [0.2, 0.25) is 0 Å². The Bertz CT molecular complexity index is 314. The monoisotopic (exact) mass is 211 g/mol. The van der Waals surface area contributed by atoms with E-state index in [1.165, 1.54) is 0 Å². The standard InChI is InChI=1S/C10H13NO4/c1-6(2)7(10(14)15)5-11-8(12)3-4-9(11)13/h3-4,6-7H,5H2,1-2H3,(H,14,15). The second-order valence-electron chi connectivity index (χ2n) is 3.81. The van der Waals surface area contributed by atoms with E-state index in [4.69, 9.17) is 5.11 Å². The van der Waals surface area contributed by atoms with Crippen LogP contribution in [0.1, 0.15) is 13.8 Å². The molecule has 1 rings (SSSR count). The van der Waals surface area contributed by atoms with Crippen LogP contribution in [0.3, 0.4) is 0 Å². The molecule has 2 amide bonds. The lowest BCUT2D eigenvalue weighted by molar-refractivity contribution is -0.146. The van der Waals surface area contributed by atoms with Crippen molar-refractivity contribution in [3.63, 3.8) is 0 Å². The Balaban J connectivity index is 2.71. The number of hydrogen-bond acceptors (Lipinski definition) is 3. The predicted octanol–water partition coefficient (Wildman–Crippen LogP) is 0.268. The van der Waals surface area contributed by atoms with Crippen molar-refractivity contribution >= 4 is 17.8 Å². The molecule has 15 heavy (non-hydrogen) atoms. The maximum Gasteiger partial charge on any atom is 0.308 e. The molecular weight excluding hydrogens is 198 g/mol. The SMILES string of the molecule is CC(C)C(CN1C(=O)C=CC1=O)C(=O)O. The Morgan fingerprint density at radius 2 is 1.80 bits per heavy atom. The maximum absolute atomic E-state index is 11.2. The summed E-state index contributed by atoms with van der Waals surface area (Å²) in [4.78, 5) is 34.2. The molecule has 0 aliphatic carbocycles. The highest BCUT2D eigenvalue weighted by Gasteiger charge is 2.31. The average Bonchev–Trinajstić information content (AvgIpc) is 2.42. The fraction of sp³-hybridized carbons (Fsp3) is 0.500. The molecule has 1 heterocycles. The van der Waals surface area contributed by atoms with Crippen molar-refractivity contribution < 1.29 is 19.5 Å². The van der Waals surface area contributed by atoms with Gasteiger partial charge in [-0.2, -0.15) is 0 Å². The Kier molecular flexibility index (Phi) is 3.24. The van der Waals surface area contributed by atoms with Gasteiger partial charge in [0.1, 0.15) is 0 Å². The van der Waals surface area contributed by atoms with E-state index in [1.54, 1.807) is 13.8 Å². The highest BCUT2D eigenvalue weighted by atomic mass is 16.4. The van der Waals surface area contributed by atoms with Crippen LogP contribution in [0.4, 0.5) is 0 Å². The number of carboxylic acid groups (broad SMARTS) is 1. The van der Waals surface area contributed by atoms with E-state index in [9.17, 15) is 14.4 Å². The number of carbonyl (C=O) groups excluding carboxylic acids is 2. The molecule has 0 spiro atoms. The molecule has 5 nitrogen and oxygen atoms in total. The average molecular weight is 211 g/mol. The van der Waals surface area contributed by atoms with Crippen LogP contribution in [-0.4, -0.2) is 34.3 Å². The first-order chi connectivity index (χ1) is 6.93. The molecule has 1 atom stereocenters. The molecule has 0 saturated heterocycles. The van der Waals surface area contributed by atoms with E-state index in [-0.39, 0.29) is 12.5 Å². The van der Waals surface area contributed by atoms with Gasteiger partial charge in [-0.3, -0.25) is 19.3 Å². The zero-order valence-corrected chi connectivity index (χ0v) is 8.64. The summed E-state index contributed by atoms with van der Waals surface area (Å²) in [5, 5.41) is 8.91. The van der Waals surface area contributed by atoms with Crippen LogP contribution in [0, 0.1) is 11.8 Å². The Hall–Kier alpha value is -1.65. The maximum atomic E-state index is 11.2. The van der Waals surface area contributed by atoms with E-state index >= 15 is 0 Å². The Morgan fingerprint density at radius 3 is 2.13 bits per heavy atom. The van der Waals surface area contributed by atoms with Crippen LogP contribution >= 0.6 is 0 Å². The van der Waals surface area contributed by atoms with Gasteiger partial charge in [-0.05, 0) is 5.92 Å². The summed E-state index contributed by atoms with van der Waals surface area (Å²) in [6, 6.07) is 0. The van der Waals surface area contributed by atoms with Crippen molar-refractivity contribution in [2.24, 2.45) is 11.8 Å². The predicted molar refractivity (Wildman–Crippen MR) is 51.8 cm³/mol. The lowest BCUT2D eigenvalue weighted by Crippen LogP contribution is -2.39. The lowest BCUT2D eigenvalue weighted by atomic mass is 9.95. The van der Waals surface area contributed by atoms with Crippen LogP contribution < -0.4 is 0 Å². The molecule has 1 aliphatic heterocycles. The topological polar surface area (TPSA) is 74.7 Å². The fourth-order valence-electron chi connectivity index (χ4n) is 1.38. The van der Waals surface area contributed by atoms with Gasteiger partial charge in [0, 0.05) is 18.7 Å². The molecule has 0 aromatic heterocycles. The first-order valence-corrected chi connectivity index (χ1v) is 4.70. The second kappa shape index (κ2) is 4.25. The summed E-state index contributed by atoms with van der Waals surface area (Å²) < 4.78 is 0. The lowest BCUT2D eigenvalue weighted by Gasteiger charge is -2.21. The minimum Gasteiger partial charge on any atom is -0.481 e. The molecular formula is C10H13NO4. The molecule has 1 unspecified atom stereocenters. The molecule has 0 bridgehead atoms. The van der Waals surface area contributed by atoms with Crippen LogP contribution in [-0.2, 0) is 14.4 Å². The number of hydrogen-bond donors (Lipinski definition) is 1.